The zero-order valence-corrected chi connectivity index (χ0v) is 22.4. The van der Waals surface area contributed by atoms with Crippen LogP contribution in [0.25, 0.3) is 11.1 Å². The molecule has 10 heteroatoms. The van der Waals surface area contributed by atoms with E-state index < -0.39 is 29.1 Å². The number of hydrazone groups is 1. The molecule has 2 aromatic carbocycles. The molecule has 1 atom stereocenters. The Balaban J connectivity index is 1.25. The van der Waals surface area contributed by atoms with Gasteiger partial charge in [-0.25, -0.2) is 23.2 Å². The first-order valence-corrected chi connectivity index (χ1v) is 13.2. The summed E-state index contributed by atoms with van der Waals surface area (Å²) in [6.45, 7) is 4.44. The number of hydrogen-bond acceptors (Lipinski definition) is 6. The molecule has 40 heavy (non-hydrogen) atoms. The SMILES string of the molecule is CC(C)(O)COc1ccc(F)c(-c2ccnc(N3CCC(C(=O)N4N=CCC4c4cc(F)cc(F)c4)CC3)c2)c1. The maximum Gasteiger partial charge on any atom is 0.246 e. The molecule has 3 heterocycles. The molecule has 1 N–H and O–H groups in total. The van der Waals surface area contributed by atoms with E-state index in [1.165, 1.54) is 29.3 Å². The lowest BCUT2D eigenvalue weighted by Gasteiger charge is -2.34. The number of nitrogens with zero attached hydrogens (tertiary/aromatic N) is 4. The van der Waals surface area contributed by atoms with Gasteiger partial charge in [-0.3, -0.25) is 4.79 Å². The van der Waals surface area contributed by atoms with Crippen molar-refractivity contribution in [1.82, 2.24) is 9.99 Å². The molecule has 1 aromatic heterocycles. The monoisotopic (exact) mass is 552 g/mol. The van der Waals surface area contributed by atoms with E-state index in [1.807, 2.05) is 4.90 Å². The highest BCUT2D eigenvalue weighted by atomic mass is 19.1. The van der Waals surface area contributed by atoms with Gasteiger partial charge in [0, 0.05) is 49.5 Å². The maximum absolute atomic E-state index is 14.8. The predicted molar refractivity (Wildman–Crippen MR) is 145 cm³/mol. The minimum Gasteiger partial charge on any atom is -0.491 e. The summed E-state index contributed by atoms with van der Waals surface area (Å²) >= 11 is 0. The van der Waals surface area contributed by atoms with Gasteiger partial charge in [-0.1, -0.05) is 0 Å². The Bertz CT molecular complexity index is 1400. The number of ether oxygens (including phenoxy) is 1. The lowest BCUT2D eigenvalue weighted by molar-refractivity contribution is -0.138. The van der Waals surface area contributed by atoms with E-state index in [4.69, 9.17) is 4.74 Å². The van der Waals surface area contributed by atoms with Gasteiger partial charge in [0.2, 0.25) is 5.91 Å². The summed E-state index contributed by atoms with van der Waals surface area (Å²) in [5, 5.41) is 15.5. The van der Waals surface area contributed by atoms with E-state index in [-0.39, 0.29) is 18.4 Å². The van der Waals surface area contributed by atoms with Crippen LogP contribution in [0.15, 0.2) is 59.8 Å². The van der Waals surface area contributed by atoms with Crippen molar-refractivity contribution in [3.8, 4) is 16.9 Å². The van der Waals surface area contributed by atoms with E-state index >= 15 is 0 Å². The second kappa shape index (κ2) is 11.3. The molecule has 3 aromatic rings. The Morgan fingerprint density at radius 3 is 2.48 bits per heavy atom. The Morgan fingerprint density at radius 1 is 1.05 bits per heavy atom. The van der Waals surface area contributed by atoms with Gasteiger partial charge in [-0.05, 0) is 80.3 Å². The number of benzene rings is 2. The van der Waals surface area contributed by atoms with Gasteiger partial charge in [0.05, 0.1) is 11.6 Å². The zero-order valence-electron chi connectivity index (χ0n) is 22.4. The van der Waals surface area contributed by atoms with Crippen molar-refractivity contribution in [1.29, 1.82) is 0 Å². The van der Waals surface area contributed by atoms with Crippen molar-refractivity contribution in [2.24, 2.45) is 11.0 Å². The van der Waals surface area contributed by atoms with E-state index in [2.05, 4.69) is 10.1 Å². The van der Waals surface area contributed by atoms with Crippen LogP contribution in [0.2, 0.25) is 0 Å². The number of aromatic nitrogens is 1. The summed E-state index contributed by atoms with van der Waals surface area (Å²) in [5.41, 5.74) is 0.342. The van der Waals surface area contributed by atoms with Crippen LogP contribution in [0.1, 0.15) is 44.7 Å². The van der Waals surface area contributed by atoms with Gasteiger partial charge in [0.1, 0.15) is 35.6 Å². The van der Waals surface area contributed by atoms with Crippen molar-refractivity contribution in [2.45, 2.75) is 44.8 Å². The van der Waals surface area contributed by atoms with E-state index in [0.29, 0.717) is 60.6 Å². The van der Waals surface area contributed by atoms with E-state index in [0.717, 1.165) is 6.07 Å². The Morgan fingerprint density at radius 2 is 1.77 bits per heavy atom. The minimum atomic E-state index is -1.02. The number of rotatable bonds is 7. The van der Waals surface area contributed by atoms with Crippen LogP contribution in [-0.4, -0.2) is 52.5 Å². The molecule has 1 amide bonds. The van der Waals surface area contributed by atoms with Crippen LogP contribution in [0, 0.1) is 23.4 Å². The largest absolute Gasteiger partial charge is 0.491 e. The van der Waals surface area contributed by atoms with Crippen molar-refractivity contribution in [3.63, 3.8) is 0 Å². The van der Waals surface area contributed by atoms with Gasteiger partial charge in [-0.15, -0.1) is 0 Å². The van der Waals surface area contributed by atoms with Gasteiger partial charge in [0.25, 0.3) is 0 Å². The third-order valence-electron chi connectivity index (χ3n) is 7.08. The number of hydrogen-bond donors (Lipinski definition) is 1. The smallest absolute Gasteiger partial charge is 0.246 e. The normalized spacial score (nSPS) is 17.9. The molecule has 1 unspecified atom stereocenters. The number of anilines is 1. The minimum absolute atomic E-state index is 0.0654. The van der Waals surface area contributed by atoms with Crippen LogP contribution >= 0.6 is 0 Å². The fraction of sp³-hybridized carbons (Fsp3) is 0.367. The number of carbonyl (C=O) groups is 1. The van der Waals surface area contributed by atoms with Gasteiger partial charge in [0.15, 0.2) is 0 Å². The lowest BCUT2D eigenvalue weighted by Crippen LogP contribution is -2.41. The number of amides is 1. The number of carbonyl (C=O) groups excluding carboxylic acids is 1. The first kappa shape index (κ1) is 27.6. The maximum atomic E-state index is 14.8. The Labute approximate surface area is 230 Å². The quantitative estimate of drug-likeness (QED) is 0.419. The van der Waals surface area contributed by atoms with E-state index in [1.54, 1.807) is 44.5 Å². The molecule has 0 spiro atoms. The number of pyridine rings is 1. The summed E-state index contributed by atoms with van der Waals surface area (Å²) in [5.74, 6) is -1.14. The average molecular weight is 553 g/mol. The molecule has 0 bridgehead atoms. The fourth-order valence-corrected chi connectivity index (χ4v) is 5.05. The molecule has 0 aliphatic carbocycles. The number of halogens is 3. The van der Waals surface area contributed by atoms with E-state index in [9.17, 15) is 23.1 Å². The molecular weight excluding hydrogens is 521 g/mol. The molecule has 210 valence electrons. The summed E-state index contributed by atoms with van der Waals surface area (Å²) in [4.78, 5) is 19.9. The molecule has 1 fully saturated rings. The molecule has 1 saturated heterocycles. The standard InChI is InChI=1S/C30H31F3N4O3/c1-30(2,39)18-40-24-3-4-26(33)25(17-24)20-5-9-34-28(15-20)36-11-7-19(8-12-36)29(38)37-27(6-10-35-37)21-13-22(31)16-23(32)14-21/h3-5,9-10,13-17,19,27,39H,6-8,11-12,18H2,1-2H3. The lowest BCUT2D eigenvalue weighted by atomic mass is 9.94. The molecule has 0 saturated carbocycles. The fourth-order valence-electron chi connectivity index (χ4n) is 5.05. The predicted octanol–water partition coefficient (Wildman–Crippen LogP) is 5.49. The second-order valence-corrected chi connectivity index (χ2v) is 10.8. The summed E-state index contributed by atoms with van der Waals surface area (Å²) in [7, 11) is 0. The van der Waals surface area contributed by atoms with Crippen LogP contribution in [-0.2, 0) is 4.79 Å². The highest BCUT2D eigenvalue weighted by molar-refractivity contribution is 5.82. The highest BCUT2D eigenvalue weighted by Crippen LogP contribution is 2.34. The van der Waals surface area contributed by atoms with Crippen LogP contribution in [0.3, 0.4) is 0 Å². The third-order valence-corrected chi connectivity index (χ3v) is 7.08. The van der Waals surface area contributed by atoms with Gasteiger partial charge < -0.3 is 14.7 Å². The average Bonchev–Trinajstić information content (AvgIpc) is 3.42. The summed E-state index contributed by atoms with van der Waals surface area (Å²) < 4.78 is 48.0. The molecule has 5 rings (SSSR count). The Kier molecular flexibility index (Phi) is 7.80. The Hall–Kier alpha value is -3.92. The van der Waals surface area contributed by atoms with Crippen LogP contribution in [0.4, 0.5) is 19.0 Å². The van der Waals surface area contributed by atoms with Crippen molar-refractivity contribution in [3.05, 3.63) is 77.7 Å². The number of aliphatic hydroxyl groups is 1. The van der Waals surface area contributed by atoms with Crippen molar-refractivity contribution < 1.29 is 27.8 Å². The number of piperidine rings is 1. The summed E-state index contributed by atoms with van der Waals surface area (Å²) in [6.07, 6.45) is 4.71. The summed E-state index contributed by atoms with van der Waals surface area (Å²) in [6, 6.07) is 10.7. The van der Waals surface area contributed by atoms with Gasteiger partial charge >= 0.3 is 0 Å². The molecular formula is C30H31F3N4O3. The highest BCUT2D eigenvalue weighted by Gasteiger charge is 2.35. The molecule has 0 radical (unpaired) electrons. The first-order valence-electron chi connectivity index (χ1n) is 13.2. The van der Waals surface area contributed by atoms with Crippen LogP contribution in [0.5, 0.6) is 5.75 Å². The molecule has 7 nitrogen and oxygen atoms in total. The molecule has 2 aliphatic rings. The molecule has 2 aliphatic heterocycles. The second-order valence-electron chi connectivity index (χ2n) is 10.8. The van der Waals surface area contributed by atoms with Crippen LogP contribution < -0.4 is 9.64 Å². The van der Waals surface area contributed by atoms with Crippen molar-refractivity contribution in [2.75, 3.05) is 24.6 Å². The third kappa shape index (κ3) is 6.28. The van der Waals surface area contributed by atoms with Crippen molar-refractivity contribution >= 4 is 17.9 Å². The topological polar surface area (TPSA) is 78.3 Å². The van der Waals surface area contributed by atoms with Gasteiger partial charge in [-0.2, -0.15) is 5.10 Å². The first-order chi connectivity index (χ1) is 19.1. The zero-order chi connectivity index (χ0) is 28.4.